The van der Waals surface area contributed by atoms with Crippen LogP contribution in [0.5, 0.6) is 0 Å². The van der Waals surface area contributed by atoms with Crippen molar-refractivity contribution in [3.63, 3.8) is 0 Å². The van der Waals surface area contributed by atoms with Crippen LogP contribution >= 0.6 is 0 Å². The van der Waals surface area contributed by atoms with Crippen molar-refractivity contribution in [3.8, 4) is 0 Å². The number of hydrogen-bond acceptors (Lipinski definition) is 2. The van der Waals surface area contributed by atoms with Crippen molar-refractivity contribution in [1.82, 2.24) is 5.32 Å². The Balaban J connectivity index is 2.13. The second kappa shape index (κ2) is 5.13. The number of Topliss-reactive ketones (excluding diaryl/α,β-unsaturated/α-hetero) is 1. The molecule has 0 amide bonds. The summed E-state index contributed by atoms with van der Waals surface area (Å²) in [6.07, 6.45) is 9.97. The molecule has 2 rings (SSSR count). The fourth-order valence-electron chi connectivity index (χ4n) is 3.01. The zero-order valence-electron chi connectivity index (χ0n) is 10.3. The van der Waals surface area contributed by atoms with Gasteiger partial charge in [0.15, 0.2) is 5.78 Å². The van der Waals surface area contributed by atoms with Gasteiger partial charge in [-0.1, -0.05) is 13.0 Å². The molecule has 90 valence electrons. The molecule has 2 nitrogen and oxygen atoms in total. The first-order chi connectivity index (χ1) is 7.78. The van der Waals surface area contributed by atoms with Gasteiger partial charge in [0.25, 0.3) is 0 Å². The average molecular weight is 221 g/mol. The van der Waals surface area contributed by atoms with E-state index in [1.165, 1.54) is 12.8 Å². The number of rotatable bonds is 3. The summed E-state index contributed by atoms with van der Waals surface area (Å²) in [6.45, 7) is 4.13. The van der Waals surface area contributed by atoms with Gasteiger partial charge < -0.3 is 5.32 Å². The van der Waals surface area contributed by atoms with E-state index in [0.29, 0.717) is 5.78 Å². The molecular formula is C14H23NO. The summed E-state index contributed by atoms with van der Waals surface area (Å²) in [5.41, 5.74) is 1.04. The predicted octanol–water partition coefficient (Wildman–Crippen LogP) is 2.84. The minimum Gasteiger partial charge on any atom is -0.316 e. The monoisotopic (exact) mass is 221 g/mol. The van der Waals surface area contributed by atoms with Crippen molar-refractivity contribution < 1.29 is 4.79 Å². The highest BCUT2D eigenvalue weighted by molar-refractivity contribution is 6.00. The quantitative estimate of drug-likeness (QED) is 0.794. The van der Waals surface area contributed by atoms with E-state index >= 15 is 0 Å². The van der Waals surface area contributed by atoms with E-state index in [1.54, 1.807) is 0 Å². The summed E-state index contributed by atoms with van der Waals surface area (Å²) in [5.74, 6) is 0.446. The highest BCUT2D eigenvalue weighted by atomic mass is 16.1. The zero-order valence-corrected chi connectivity index (χ0v) is 10.3. The maximum atomic E-state index is 12.6. The van der Waals surface area contributed by atoms with Crippen molar-refractivity contribution in [3.05, 3.63) is 11.6 Å². The highest BCUT2D eigenvalue weighted by Crippen LogP contribution is 2.35. The van der Waals surface area contributed by atoms with Gasteiger partial charge in [-0.2, -0.15) is 0 Å². The number of ketones is 1. The summed E-state index contributed by atoms with van der Waals surface area (Å²) < 4.78 is 0. The largest absolute Gasteiger partial charge is 0.316 e. The Morgan fingerprint density at radius 2 is 2.31 bits per heavy atom. The van der Waals surface area contributed by atoms with Crippen LogP contribution in [0.15, 0.2) is 11.6 Å². The molecule has 0 aromatic rings. The van der Waals surface area contributed by atoms with Gasteiger partial charge >= 0.3 is 0 Å². The highest BCUT2D eigenvalue weighted by Gasteiger charge is 2.38. The molecule has 0 aromatic carbocycles. The summed E-state index contributed by atoms with van der Waals surface area (Å²) in [5, 5.41) is 3.40. The molecule has 2 aliphatic rings. The minimum atomic E-state index is -0.0819. The fourth-order valence-corrected chi connectivity index (χ4v) is 3.01. The molecule has 1 heterocycles. The van der Waals surface area contributed by atoms with Crippen LogP contribution in [0.25, 0.3) is 0 Å². The zero-order chi connectivity index (χ0) is 11.4. The lowest BCUT2D eigenvalue weighted by Crippen LogP contribution is -2.45. The number of allylic oxidation sites excluding steroid dienone is 2. The summed E-state index contributed by atoms with van der Waals surface area (Å²) in [4.78, 5) is 12.6. The van der Waals surface area contributed by atoms with Crippen LogP contribution < -0.4 is 5.32 Å². The molecule has 2 heteroatoms. The number of piperidine rings is 1. The molecule has 1 atom stereocenters. The van der Waals surface area contributed by atoms with Gasteiger partial charge in [-0.3, -0.25) is 4.79 Å². The molecule has 1 N–H and O–H groups in total. The van der Waals surface area contributed by atoms with E-state index in [4.69, 9.17) is 0 Å². The number of carbonyl (C=O) groups excluding carboxylic acids is 1. The first-order valence-corrected chi connectivity index (χ1v) is 6.73. The van der Waals surface area contributed by atoms with E-state index in [1.807, 2.05) is 0 Å². The Kier molecular flexibility index (Phi) is 3.80. The fraction of sp³-hybridized carbons (Fsp3) is 0.786. The van der Waals surface area contributed by atoms with E-state index in [-0.39, 0.29) is 5.41 Å². The van der Waals surface area contributed by atoms with Crippen molar-refractivity contribution in [2.45, 2.75) is 51.9 Å². The second-order valence-corrected chi connectivity index (χ2v) is 5.22. The Hall–Kier alpha value is -0.630. The van der Waals surface area contributed by atoms with Crippen molar-refractivity contribution in [2.75, 3.05) is 13.1 Å². The molecule has 1 unspecified atom stereocenters. The molecule has 1 saturated heterocycles. The number of nitrogens with one attached hydrogen (secondary N) is 1. The molecule has 0 spiro atoms. The molecule has 0 radical (unpaired) electrons. The van der Waals surface area contributed by atoms with Crippen molar-refractivity contribution >= 4 is 5.78 Å². The van der Waals surface area contributed by atoms with Crippen LogP contribution in [0.4, 0.5) is 0 Å². The van der Waals surface area contributed by atoms with Gasteiger partial charge in [-0.15, -0.1) is 0 Å². The molecular weight excluding hydrogens is 198 g/mol. The Morgan fingerprint density at radius 1 is 1.44 bits per heavy atom. The SMILES string of the molecule is CCC1(C(=O)C2=CCCCC2)CCCNC1. The van der Waals surface area contributed by atoms with Crippen LogP contribution in [0.1, 0.15) is 51.9 Å². The van der Waals surface area contributed by atoms with Crippen LogP contribution in [0.2, 0.25) is 0 Å². The average Bonchev–Trinajstić information content (AvgIpc) is 2.39. The number of hydrogen-bond donors (Lipinski definition) is 1. The van der Waals surface area contributed by atoms with Crippen LogP contribution in [0, 0.1) is 5.41 Å². The number of carbonyl (C=O) groups is 1. The standard InChI is InChI=1S/C14H23NO/c1-2-14(9-6-10-15-11-14)13(16)12-7-4-3-5-8-12/h7,15H,2-6,8-11H2,1H3. The summed E-state index contributed by atoms with van der Waals surface area (Å²) >= 11 is 0. The van der Waals surface area contributed by atoms with Gasteiger partial charge in [0.2, 0.25) is 0 Å². The van der Waals surface area contributed by atoms with Gasteiger partial charge in [-0.25, -0.2) is 0 Å². The minimum absolute atomic E-state index is 0.0819. The second-order valence-electron chi connectivity index (χ2n) is 5.22. The molecule has 0 aromatic heterocycles. The molecule has 0 bridgehead atoms. The van der Waals surface area contributed by atoms with E-state index in [9.17, 15) is 4.79 Å². The predicted molar refractivity (Wildman–Crippen MR) is 66.4 cm³/mol. The summed E-state index contributed by atoms with van der Waals surface area (Å²) in [7, 11) is 0. The summed E-state index contributed by atoms with van der Waals surface area (Å²) in [6, 6.07) is 0. The third kappa shape index (κ3) is 2.22. The molecule has 0 saturated carbocycles. The normalized spacial score (nSPS) is 30.9. The maximum Gasteiger partial charge on any atom is 0.165 e. The first-order valence-electron chi connectivity index (χ1n) is 6.73. The lowest BCUT2D eigenvalue weighted by Gasteiger charge is -2.36. The van der Waals surface area contributed by atoms with Gasteiger partial charge in [-0.05, 0) is 57.1 Å². The maximum absolute atomic E-state index is 12.6. The molecule has 16 heavy (non-hydrogen) atoms. The first kappa shape index (κ1) is 11.8. The van der Waals surface area contributed by atoms with Gasteiger partial charge in [0, 0.05) is 12.0 Å². The van der Waals surface area contributed by atoms with Gasteiger partial charge in [0.05, 0.1) is 0 Å². The van der Waals surface area contributed by atoms with E-state index < -0.39 is 0 Å². The molecule has 1 aliphatic heterocycles. The topological polar surface area (TPSA) is 29.1 Å². The molecule has 1 aliphatic carbocycles. The Labute approximate surface area is 98.5 Å². The Bertz CT molecular complexity index is 287. The van der Waals surface area contributed by atoms with Crippen LogP contribution in [0.3, 0.4) is 0 Å². The molecule has 1 fully saturated rings. The van der Waals surface area contributed by atoms with Crippen molar-refractivity contribution in [1.29, 1.82) is 0 Å². The van der Waals surface area contributed by atoms with Crippen LogP contribution in [-0.2, 0) is 4.79 Å². The Morgan fingerprint density at radius 3 is 2.88 bits per heavy atom. The third-order valence-corrected chi connectivity index (χ3v) is 4.21. The van der Waals surface area contributed by atoms with E-state index in [0.717, 1.165) is 50.8 Å². The smallest absolute Gasteiger partial charge is 0.165 e. The lowest BCUT2D eigenvalue weighted by atomic mass is 9.71. The van der Waals surface area contributed by atoms with Crippen LogP contribution in [-0.4, -0.2) is 18.9 Å². The van der Waals surface area contributed by atoms with Crippen molar-refractivity contribution in [2.24, 2.45) is 5.41 Å². The van der Waals surface area contributed by atoms with E-state index in [2.05, 4.69) is 18.3 Å². The van der Waals surface area contributed by atoms with Gasteiger partial charge in [0.1, 0.15) is 0 Å². The third-order valence-electron chi connectivity index (χ3n) is 4.21. The lowest BCUT2D eigenvalue weighted by molar-refractivity contribution is -0.126.